The van der Waals surface area contributed by atoms with Crippen molar-refractivity contribution in [2.75, 3.05) is 6.61 Å². The van der Waals surface area contributed by atoms with Crippen LogP contribution in [0, 0.1) is 0 Å². The molecule has 1 saturated carbocycles. The number of nitrogens with zero attached hydrogens (tertiary/aromatic N) is 2. The lowest BCUT2D eigenvalue weighted by molar-refractivity contribution is -0.152. The smallest absolute Gasteiger partial charge is 0.321 e. The fraction of sp³-hybridized carbons (Fsp3) is 0.800. The topological polar surface area (TPSA) is 65.2 Å². The molecule has 2 rings (SSSR count). The van der Waals surface area contributed by atoms with Crippen LogP contribution in [-0.2, 0) is 21.4 Å². The van der Waals surface area contributed by atoms with Gasteiger partial charge >= 0.3 is 5.97 Å². The van der Waals surface area contributed by atoms with Crippen molar-refractivity contribution in [2.45, 2.75) is 70.6 Å². The molecule has 5 heteroatoms. The molecular formula is C15H24N2O3. The Labute approximate surface area is 120 Å². The molecule has 0 spiro atoms. The zero-order valence-corrected chi connectivity index (χ0v) is 12.5. The molecule has 20 heavy (non-hydrogen) atoms. The van der Waals surface area contributed by atoms with Gasteiger partial charge in [0.2, 0.25) is 5.89 Å². The third-order valence-electron chi connectivity index (χ3n) is 3.97. The Hall–Kier alpha value is -1.39. The maximum absolute atomic E-state index is 12.5. The minimum Gasteiger partial charge on any atom is -0.465 e. The standard InChI is InChI=1S/C15H24N2O3/c1-3-9-12-16-13(20-17-12)15(14(18)19-4-2)10-7-5-6-8-11-15/h3-11H2,1-2H3. The normalized spacial score (nSPS) is 18.5. The molecule has 1 aliphatic rings. The van der Waals surface area contributed by atoms with Crippen LogP contribution in [0.25, 0.3) is 0 Å². The number of hydrogen-bond acceptors (Lipinski definition) is 5. The van der Waals surface area contributed by atoms with Gasteiger partial charge in [-0.25, -0.2) is 0 Å². The van der Waals surface area contributed by atoms with Crippen LogP contribution in [0.5, 0.6) is 0 Å². The molecule has 112 valence electrons. The van der Waals surface area contributed by atoms with Gasteiger partial charge in [-0.15, -0.1) is 0 Å². The SMILES string of the molecule is CCCc1noc(C2(C(=O)OCC)CCCCCC2)n1. The highest BCUT2D eigenvalue weighted by Gasteiger charge is 2.46. The zero-order valence-electron chi connectivity index (χ0n) is 12.5. The predicted molar refractivity (Wildman–Crippen MR) is 74.3 cm³/mol. The van der Waals surface area contributed by atoms with E-state index in [1.807, 2.05) is 6.92 Å². The fourth-order valence-corrected chi connectivity index (χ4v) is 2.88. The molecule has 1 aliphatic carbocycles. The zero-order chi connectivity index (χ0) is 14.4. The third kappa shape index (κ3) is 3.02. The van der Waals surface area contributed by atoms with Gasteiger partial charge in [0.15, 0.2) is 5.82 Å². The maximum Gasteiger partial charge on any atom is 0.321 e. The van der Waals surface area contributed by atoms with E-state index in [0.717, 1.165) is 51.4 Å². The molecule has 0 unspecified atom stereocenters. The molecule has 0 N–H and O–H groups in total. The van der Waals surface area contributed by atoms with Gasteiger partial charge in [-0.1, -0.05) is 37.8 Å². The van der Waals surface area contributed by atoms with Gasteiger partial charge in [0.25, 0.3) is 0 Å². The Morgan fingerprint density at radius 1 is 1.25 bits per heavy atom. The summed E-state index contributed by atoms with van der Waals surface area (Å²) in [5.74, 6) is 0.949. The predicted octanol–water partition coefficient (Wildman–Crippen LogP) is 3.18. The van der Waals surface area contributed by atoms with Crippen molar-refractivity contribution < 1.29 is 14.1 Å². The Bertz CT molecular complexity index is 434. The molecule has 1 fully saturated rings. The molecule has 0 bridgehead atoms. The number of rotatable bonds is 5. The van der Waals surface area contributed by atoms with Crippen LogP contribution >= 0.6 is 0 Å². The highest BCUT2D eigenvalue weighted by Crippen LogP contribution is 2.38. The van der Waals surface area contributed by atoms with Crippen LogP contribution < -0.4 is 0 Å². The van der Waals surface area contributed by atoms with E-state index in [-0.39, 0.29) is 5.97 Å². The number of ether oxygens (including phenoxy) is 1. The van der Waals surface area contributed by atoms with Crippen LogP contribution in [0.4, 0.5) is 0 Å². The summed E-state index contributed by atoms with van der Waals surface area (Å²) in [7, 11) is 0. The van der Waals surface area contributed by atoms with Gasteiger partial charge in [-0.3, -0.25) is 4.79 Å². The summed E-state index contributed by atoms with van der Waals surface area (Å²) < 4.78 is 10.7. The van der Waals surface area contributed by atoms with Crippen molar-refractivity contribution in [3.05, 3.63) is 11.7 Å². The minimum atomic E-state index is -0.717. The molecule has 0 saturated heterocycles. The molecule has 0 aromatic carbocycles. The lowest BCUT2D eigenvalue weighted by Gasteiger charge is -2.25. The first-order chi connectivity index (χ1) is 9.73. The molecule has 5 nitrogen and oxygen atoms in total. The summed E-state index contributed by atoms with van der Waals surface area (Å²) in [4.78, 5) is 17.0. The van der Waals surface area contributed by atoms with Crippen LogP contribution in [-0.4, -0.2) is 22.7 Å². The quantitative estimate of drug-likeness (QED) is 0.612. The van der Waals surface area contributed by atoms with Crippen LogP contribution in [0.15, 0.2) is 4.52 Å². The van der Waals surface area contributed by atoms with E-state index in [4.69, 9.17) is 9.26 Å². The van der Waals surface area contributed by atoms with Crippen molar-refractivity contribution in [1.82, 2.24) is 10.1 Å². The average Bonchev–Trinajstić information content (AvgIpc) is 2.76. The monoisotopic (exact) mass is 280 g/mol. The average molecular weight is 280 g/mol. The molecule has 1 aromatic rings. The molecule has 1 heterocycles. The lowest BCUT2D eigenvalue weighted by Crippen LogP contribution is -2.37. The summed E-state index contributed by atoms with van der Waals surface area (Å²) in [5, 5.41) is 4.01. The van der Waals surface area contributed by atoms with E-state index < -0.39 is 5.41 Å². The number of aryl methyl sites for hydroxylation is 1. The molecule has 0 amide bonds. The van der Waals surface area contributed by atoms with Crippen molar-refractivity contribution in [1.29, 1.82) is 0 Å². The van der Waals surface area contributed by atoms with Crippen molar-refractivity contribution >= 4 is 5.97 Å². The van der Waals surface area contributed by atoms with Crippen molar-refractivity contribution in [3.8, 4) is 0 Å². The highest BCUT2D eigenvalue weighted by atomic mass is 16.5. The van der Waals surface area contributed by atoms with E-state index in [2.05, 4.69) is 17.1 Å². The fourth-order valence-electron chi connectivity index (χ4n) is 2.88. The second-order valence-corrected chi connectivity index (χ2v) is 5.48. The van der Waals surface area contributed by atoms with E-state index in [1.54, 1.807) is 0 Å². The number of carbonyl (C=O) groups excluding carboxylic acids is 1. The van der Waals surface area contributed by atoms with Crippen molar-refractivity contribution in [2.24, 2.45) is 0 Å². The van der Waals surface area contributed by atoms with E-state index in [1.165, 1.54) is 0 Å². The largest absolute Gasteiger partial charge is 0.465 e. The summed E-state index contributed by atoms with van der Waals surface area (Å²) in [6.07, 6.45) is 7.55. The molecule has 0 atom stereocenters. The maximum atomic E-state index is 12.5. The van der Waals surface area contributed by atoms with Gasteiger partial charge in [-0.2, -0.15) is 4.98 Å². The van der Waals surface area contributed by atoms with Gasteiger partial charge in [0.1, 0.15) is 5.41 Å². The highest BCUT2D eigenvalue weighted by molar-refractivity contribution is 5.81. The summed E-state index contributed by atoms with van der Waals surface area (Å²) >= 11 is 0. The number of esters is 1. The molecule has 0 aliphatic heterocycles. The first-order valence-corrected chi connectivity index (χ1v) is 7.73. The van der Waals surface area contributed by atoms with E-state index >= 15 is 0 Å². The summed E-state index contributed by atoms with van der Waals surface area (Å²) in [5.41, 5.74) is -0.717. The second-order valence-electron chi connectivity index (χ2n) is 5.48. The lowest BCUT2D eigenvalue weighted by atomic mass is 9.80. The number of carbonyl (C=O) groups is 1. The van der Waals surface area contributed by atoms with E-state index in [9.17, 15) is 4.79 Å². The Kier molecular flexibility index (Phi) is 5.15. The molecule has 0 radical (unpaired) electrons. The van der Waals surface area contributed by atoms with Gasteiger partial charge in [0, 0.05) is 6.42 Å². The third-order valence-corrected chi connectivity index (χ3v) is 3.97. The first-order valence-electron chi connectivity index (χ1n) is 7.73. The number of aromatic nitrogens is 2. The molecular weight excluding hydrogens is 256 g/mol. The van der Waals surface area contributed by atoms with Crippen molar-refractivity contribution in [3.63, 3.8) is 0 Å². The summed E-state index contributed by atoms with van der Waals surface area (Å²) in [6, 6.07) is 0. The Morgan fingerprint density at radius 3 is 2.55 bits per heavy atom. The molecule has 1 aromatic heterocycles. The first kappa shape index (κ1) is 15.0. The minimum absolute atomic E-state index is 0.200. The van der Waals surface area contributed by atoms with Gasteiger partial charge < -0.3 is 9.26 Å². The van der Waals surface area contributed by atoms with Crippen LogP contribution in [0.1, 0.15) is 70.5 Å². The Balaban J connectivity index is 2.30. The van der Waals surface area contributed by atoms with Crippen LogP contribution in [0.2, 0.25) is 0 Å². The van der Waals surface area contributed by atoms with Crippen LogP contribution in [0.3, 0.4) is 0 Å². The number of hydrogen-bond donors (Lipinski definition) is 0. The van der Waals surface area contributed by atoms with E-state index in [0.29, 0.717) is 18.3 Å². The van der Waals surface area contributed by atoms with Gasteiger partial charge in [0.05, 0.1) is 6.61 Å². The summed E-state index contributed by atoms with van der Waals surface area (Å²) in [6.45, 7) is 4.29. The van der Waals surface area contributed by atoms with Gasteiger partial charge in [-0.05, 0) is 26.2 Å². The Morgan fingerprint density at radius 2 is 1.95 bits per heavy atom. The second kappa shape index (κ2) is 6.86.